The number of aromatic nitrogens is 2. The van der Waals surface area contributed by atoms with Gasteiger partial charge in [-0.2, -0.15) is 0 Å². The van der Waals surface area contributed by atoms with Crippen LogP contribution in [0.5, 0.6) is 0 Å². The van der Waals surface area contributed by atoms with Gasteiger partial charge in [-0.05, 0) is 0 Å². The van der Waals surface area contributed by atoms with Crippen LogP contribution in [-0.4, -0.2) is 9.97 Å². The Kier molecular flexibility index (Phi) is 5.28. The summed E-state index contributed by atoms with van der Waals surface area (Å²) in [4.78, 5) is 7.40. The van der Waals surface area contributed by atoms with E-state index in [9.17, 15) is 0 Å². The fourth-order valence-corrected chi connectivity index (χ4v) is 0.374. The van der Waals surface area contributed by atoms with Gasteiger partial charge >= 0.3 is 0 Å². The number of hydrazine groups is 1. The van der Waals surface area contributed by atoms with E-state index in [-0.39, 0.29) is 0 Å². The Labute approximate surface area is 60.5 Å². The van der Waals surface area contributed by atoms with Gasteiger partial charge in [0.05, 0.1) is 18.1 Å². The highest BCUT2D eigenvalue weighted by Gasteiger charge is 1.80. The summed E-state index contributed by atoms with van der Waals surface area (Å²) in [6.07, 6.45) is 4.63. The Morgan fingerprint density at radius 1 is 1.30 bits per heavy atom. The quantitative estimate of drug-likeness (QED) is 0.447. The topological polar surface area (TPSA) is 63.8 Å². The second-order valence-corrected chi connectivity index (χ2v) is 1.27. The molecule has 0 amide bonds. The first-order chi connectivity index (χ1) is 4.93. The Bertz CT molecular complexity index is 151. The SMILES string of the molecule is CC.NNc1cncnc1. The fraction of sp³-hybridized carbons (Fsp3) is 0.333. The summed E-state index contributed by atoms with van der Waals surface area (Å²) in [6.45, 7) is 4.00. The maximum atomic E-state index is 5.02. The number of anilines is 1. The van der Waals surface area contributed by atoms with E-state index in [1.807, 2.05) is 13.8 Å². The third kappa shape index (κ3) is 2.99. The molecule has 0 radical (unpaired) electrons. The maximum Gasteiger partial charge on any atom is 0.115 e. The van der Waals surface area contributed by atoms with Crippen molar-refractivity contribution in [3.63, 3.8) is 0 Å². The van der Waals surface area contributed by atoms with Crippen LogP contribution in [0.3, 0.4) is 0 Å². The van der Waals surface area contributed by atoms with Crippen molar-refractivity contribution in [3.8, 4) is 0 Å². The molecule has 0 aliphatic carbocycles. The molecular formula is C6H12N4. The third-order valence-electron chi connectivity index (χ3n) is 0.727. The first-order valence-electron chi connectivity index (χ1n) is 3.15. The van der Waals surface area contributed by atoms with E-state index in [1.54, 1.807) is 12.4 Å². The molecule has 4 heteroatoms. The van der Waals surface area contributed by atoms with Crippen molar-refractivity contribution in [3.05, 3.63) is 18.7 Å². The largest absolute Gasteiger partial charge is 0.321 e. The van der Waals surface area contributed by atoms with Crippen LogP contribution in [0.2, 0.25) is 0 Å². The van der Waals surface area contributed by atoms with Crippen LogP contribution in [0.4, 0.5) is 5.69 Å². The molecule has 1 aromatic heterocycles. The molecule has 0 aliphatic rings. The summed E-state index contributed by atoms with van der Waals surface area (Å²) in [5, 5.41) is 0. The van der Waals surface area contributed by atoms with E-state index >= 15 is 0 Å². The summed E-state index contributed by atoms with van der Waals surface area (Å²) in [5.74, 6) is 5.02. The second kappa shape index (κ2) is 5.97. The predicted octanol–water partition coefficient (Wildman–Crippen LogP) is 0.788. The molecule has 0 saturated heterocycles. The lowest BCUT2D eigenvalue weighted by Gasteiger charge is -1.92. The summed E-state index contributed by atoms with van der Waals surface area (Å²) in [5.41, 5.74) is 3.12. The van der Waals surface area contributed by atoms with Crippen molar-refractivity contribution in [2.75, 3.05) is 5.43 Å². The molecule has 0 atom stereocenters. The van der Waals surface area contributed by atoms with E-state index in [1.165, 1.54) is 6.33 Å². The van der Waals surface area contributed by atoms with E-state index in [0.29, 0.717) is 5.69 Å². The van der Waals surface area contributed by atoms with Crippen molar-refractivity contribution < 1.29 is 0 Å². The van der Waals surface area contributed by atoms with Crippen molar-refractivity contribution >= 4 is 5.69 Å². The highest BCUT2D eigenvalue weighted by Crippen LogP contribution is 1.94. The van der Waals surface area contributed by atoms with E-state index in [0.717, 1.165) is 0 Å². The zero-order valence-electron chi connectivity index (χ0n) is 6.20. The number of rotatable bonds is 1. The summed E-state index contributed by atoms with van der Waals surface area (Å²) >= 11 is 0. The van der Waals surface area contributed by atoms with Crippen LogP contribution in [0.15, 0.2) is 18.7 Å². The Balaban J connectivity index is 0.000000371. The fourth-order valence-electron chi connectivity index (χ4n) is 0.374. The smallest absolute Gasteiger partial charge is 0.115 e. The summed E-state index contributed by atoms with van der Waals surface area (Å²) < 4.78 is 0. The molecule has 1 aromatic rings. The third-order valence-corrected chi connectivity index (χ3v) is 0.727. The van der Waals surface area contributed by atoms with Gasteiger partial charge in [0.25, 0.3) is 0 Å². The lowest BCUT2D eigenvalue weighted by atomic mass is 10.6. The molecule has 0 aliphatic heterocycles. The van der Waals surface area contributed by atoms with Gasteiger partial charge in [0, 0.05) is 0 Å². The van der Waals surface area contributed by atoms with Crippen LogP contribution in [0.25, 0.3) is 0 Å². The van der Waals surface area contributed by atoms with Crippen LogP contribution in [0, 0.1) is 0 Å². The molecule has 10 heavy (non-hydrogen) atoms. The molecule has 4 nitrogen and oxygen atoms in total. The van der Waals surface area contributed by atoms with Gasteiger partial charge in [-0.3, -0.25) is 5.84 Å². The minimum Gasteiger partial charge on any atom is -0.321 e. The van der Waals surface area contributed by atoms with E-state index in [4.69, 9.17) is 5.84 Å². The molecule has 0 spiro atoms. The molecular weight excluding hydrogens is 128 g/mol. The Morgan fingerprint density at radius 2 is 1.80 bits per heavy atom. The molecule has 3 N–H and O–H groups in total. The lowest BCUT2D eigenvalue weighted by Crippen LogP contribution is -2.06. The highest BCUT2D eigenvalue weighted by atomic mass is 15.2. The van der Waals surface area contributed by atoms with Gasteiger partial charge < -0.3 is 5.43 Å². The van der Waals surface area contributed by atoms with Crippen molar-refractivity contribution in [2.45, 2.75) is 13.8 Å². The maximum absolute atomic E-state index is 5.02. The number of nitrogens with two attached hydrogens (primary N) is 1. The first-order valence-corrected chi connectivity index (χ1v) is 3.15. The van der Waals surface area contributed by atoms with Crippen LogP contribution in [-0.2, 0) is 0 Å². The number of nitrogens with one attached hydrogen (secondary N) is 1. The van der Waals surface area contributed by atoms with Crippen molar-refractivity contribution in [2.24, 2.45) is 5.84 Å². The molecule has 1 rings (SSSR count). The number of hydrogen-bond acceptors (Lipinski definition) is 4. The molecule has 0 aromatic carbocycles. The minimum atomic E-state index is 0.715. The molecule has 1 heterocycles. The standard InChI is InChI=1S/C4H6N4.C2H6/c5-8-4-1-6-3-7-2-4;1-2/h1-3,8H,5H2;1-2H3. The average molecular weight is 140 g/mol. The average Bonchev–Trinajstić information content (AvgIpc) is 2.10. The van der Waals surface area contributed by atoms with Gasteiger partial charge in [0.2, 0.25) is 0 Å². The van der Waals surface area contributed by atoms with Gasteiger partial charge in [0.1, 0.15) is 6.33 Å². The second-order valence-electron chi connectivity index (χ2n) is 1.27. The zero-order valence-corrected chi connectivity index (χ0v) is 6.20. The van der Waals surface area contributed by atoms with Gasteiger partial charge in [0.15, 0.2) is 0 Å². The minimum absolute atomic E-state index is 0.715. The monoisotopic (exact) mass is 140 g/mol. The van der Waals surface area contributed by atoms with Crippen LogP contribution >= 0.6 is 0 Å². The van der Waals surface area contributed by atoms with Crippen molar-refractivity contribution in [1.29, 1.82) is 0 Å². The van der Waals surface area contributed by atoms with E-state index in [2.05, 4.69) is 15.4 Å². The van der Waals surface area contributed by atoms with Crippen molar-refractivity contribution in [1.82, 2.24) is 9.97 Å². The number of nitrogens with zero attached hydrogens (tertiary/aromatic N) is 2. The predicted molar refractivity (Wildman–Crippen MR) is 41.2 cm³/mol. The first kappa shape index (κ1) is 8.84. The molecule has 0 bridgehead atoms. The molecule has 0 fully saturated rings. The lowest BCUT2D eigenvalue weighted by molar-refractivity contribution is 1.15. The van der Waals surface area contributed by atoms with Crippen LogP contribution < -0.4 is 11.3 Å². The normalized spacial score (nSPS) is 7.50. The summed E-state index contributed by atoms with van der Waals surface area (Å²) in [6, 6.07) is 0. The van der Waals surface area contributed by atoms with E-state index < -0.39 is 0 Å². The molecule has 0 saturated carbocycles. The zero-order chi connectivity index (χ0) is 7.82. The summed E-state index contributed by atoms with van der Waals surface area (Å²) in [7, 11) is 0. The Morgan fingerprint density at radius 3 is 2.10 bits per heavy atom. The number of hydrogen-bond donors (Lipinski definition) is 2. The van der Waals surface area contributed by atoms with Crippen LogP contribution in [0.1, 0.15) is 13.8 Å². The van der Waals surface area contributed by atoms with Gasteiger partial charge in [-0.25, -0.2) is 9.97 Å². The Hall–Kier alpha value is -1.16. The van der Waals surface area contributed by atoms with Gasteiger partial charge in [-0.15, -0.1) is 0 Å². The highest BCUT2D eigenvalue weighted by molar-refractivity contribution is 5.34. The van der Waals surface area contributed by atoms with Gasteiger partial charge in [-0.1, -0.05) is 13.8 Å². The number of nitrogen functional groups attached to an aromatic ring is 1. The molecule has 56 valence electrons. The molecule has 0 unspecified atom stereocenters.